The molecule has 0 saturated carbocycles. The van der Waals surface area contributed by atoms with Crippen LogP contribution in [0.4, 0.5) is 0 Å². The van der Waals surface area contributed by atoms with E-state index in [-0.39, 0.29) is 6.10 Å². The molecule has 2 aromatic rings. The molecule has 1 aromatic carbocycles. The van der Waals surface area contributed by atoms with Gasteiger partial charge in [-0.3, -0.25) is 0 Å². The fourth-order valence-corrected chi connectivity index (χ4v) is 2.64. The van der Waals surface area contributed by atoms with Crippen LogP contribution in [0.5, 0.6) is 5.75 Å². The van der Waals surface area contributed by atoms with Crippen LogP contribution in [0.1, 0.15) is 36.8 Å². The summed E-state index contributed by atoms with van der Waals surface area (Å²) in [6.45, 7) is 2.89. The first-order valence-electron chi connectivity index (χ1n) is 6.33. The van der Waals surface area contributed by atoms with E-state index >= 15 is 0 Å². The predicted molar refractivity (Wildman–Crippen MR) is 72.3 cm³/mol. The van der Waals surface area contributed by atoms with Gasteiger partial charge in [0, 0.05) is 23.6 Å². The Morgan fingerprint density at radius 1 is 1.53 bits per heavy atom. The average Bonchev–Trinajstić information content (AvgIpc) is 2.87. The first-order chi connectivity index (χ1) is 9.19. The maximum atomic E-state index is 10.3. The molecule has 1 aliphatic rings. The summed E-state index contributed by atoms with van der Waals surface area (Å²) >= 11 is 5.94. The molecule has 5 heteroatoms. The highest BCUT2D eigenvalue weighted by Gasteiger charge is 2.29. The van der Waals surface area contributed by atoms with Crippen LogP contribution in [0.3, 0.4) is 0 Å². The van der Waals surface area contributed by atoms with Gasteiger partial charge in [-0.1, -0.05) is 11.6 Å². The molecule has 2 heterocycles. The van der Waals surface area contributed by atoms with Gasteiger partial charge in [0.1, 0.15) is 11.9 Å². The highest BCUT2D eigenvalue weighted by atomic mass is 35.5. The van der Waals surface area contributed by atoms with E-state index < -0.39 is 6.10 Å². The van der Waals surface area contributed by atoms with Gasteiger partial charge >= 0.3 is 0 Å². The topological polar surface area (TPSA) is 47.3 Å². The van der Waals surface area contributed by atoms with Gasteiger partial charge in [0.05, 0.1) is 24.3 Å². The number of fused-ring (bicyclic) bond motifs is 1. The number of aliphatic hydroxyl groups is 1. The third-order valence-corrected chi connectivity index (χ3v) is 3.69. The summed E-state index contributed by atoms with van der Waals surface area (Å²) in [4.78, 5) is 4.14. The Morgan fingerprint density at radius 2 is 2.37 bits per heavy atom. The Hall–Kier alpha value is -1.52. The van der Waals surface area contributed by atoms with Crippen molar-refractivity contribution in [3.8, 4) is 5.75 Å². The smallest absolute Gasteiger partial charge is 0.143 e. The summed E-state index contributed by atoms with van der Waals surface area (Å²) < 4.78 is 7.99. The van der Waals surface area contributed by atoms with E-state index in [1.807, 2.05) is 4.57 Å². The van der Waals surface area contributed by atoms with Gasteiger partial charge in [-0.05, 0) is 25.1 Å². The van der Waals surface area contributed by atoms with Crippen LogP contribution in [0, 0.1) is 0 Å². The summed E-state index contributed by atoms with van der Waals surface area (Å²) in [6, 6.07) is 5.33. The molecule has 1 aliphatic heterocycles. The van der Waals surface area contributed by atoms with Gasteiger partial charge in [0.2, 0.25) is 0 Å². The Morgan fingerprint density at radius 3 is 3.16 bits per heavy atom. The molecule has 0 amide bonds. The minimum Gasteiger partial charge on any atom is -0.484 e. The zero-order valence-corrected chi connectivity index (χ0v) is 11.3. The second kappa shape index (κ2) is 4.87. The second-order valence-electron chi connectivity index (χ2n) is 4.64. The molecular weight excluding hydrogens is 264 g/mol. The number of benzene rings is 1. The molecule has 2 unspecified atom stereocenters. The second-order valence-corrected chi connectivity index (χ2v) is 5.08. The maximum absolute atomic E-state index is 10.3. The van der Waals surface area contributed by atoms with Crippen molar-refractivity contribution < 1.29 is 9.84 Å². The van der Waals surface area contributed by atoms with Crippen molar-refractivity contribution in [1.29, 1.82) is 0 Å². The van der Waals surface area contributed by atoms with Crippen LogP contribution in [0.15, 0.2) is 30.7 Å². The zero-order valence-electron chi connectivity index (χ0n) is 10.6. The van der Waals surface area contributed by atoms with Gasteiger partial charge < -0.3 is 14.4 Å². The van der Waals surface area contributed by atoms with Gasteiger partial charge in [-0.2, -0.15) is 0 Å². The first-order valence-corrected chi connectivity index (χ1v) is 6.71. The Bertz CT molecular complexity index is 597. The third-order valence-electron chi connectivity index (χ3n) is 3.45. The normalized spacial score (nSPS) is 21.8. The number of hydrogen-bond acceptors (Lipinski definition) is 3. The minimum absolute atomic E-state index is 0.175. The molecule has 0 saturated heterocycles. The fraction of sp³-hybridized carbons (Fsp3) is 0.357. The first kappa shape index (κ1) is 12.5. The molecule has 3 rings (SSSR count). The van der Waals surface area contributed by atoms with Crippen LogP contribution in [0.2, 0.25) is 5.02 Å². The van der Waals surface area contributed by atoms with E-state index in [1.165, 1.54) is 0 Å². The molecule has 100 valence electrons. The lowest BCUT2D eigenvalue weighted by molar-refractivity contribution is 0.0619. The fourth-order valence-electron chi connectivity index (χ4n) is 2.46. The Labute approximate surface area is 116 Å². The Kier molecular flexibility index (Phi) is 3.21. The molecular formula is C14H15ClN2O2. The molecule has 0 bridgehead atoms. The van der Waals surface area contributed by atoms with E-state index in [9.17, 15) is 5.11 Å². The summed E-state index contributed by atoms with van der Waals surface area (Å²) in [5.41, 5.74) is 1.74. The van der Waals surface area contributed by atoms with E-state index in [0.717, 1.165) is 17.8 Å². The van der Waals surface area contributed by atoms with E-state index in [1.54, 1.807) is 30.7 Å². The summed E-state index contributed by atoms with van der Waals surface area (Å²) in [6.07, 6.45) is 3.35. The van der Waals surface area contributed by atoms with Gasteiger partial charge in [-0.15, -0.1) is 0 Å². The van der Waals surface area contributed by atoms with Crippen molar-refractivity contribution in [2.75, 3.05) is 0 Å². The number of rotatable bonds is 2. The summed E-state index contributed by atoms with van der Waals surface area (Å²) in [5.74, 6) is 0.692. The van der Waals surface area contributed by atoms with Crippen LogP contribution in [-0.2, 0) is 6.54 Å². The highest BCUT2D eigenvalue weighted by Crippen LogP contribution is 2.41. The monoisotopic (exact) mass is 278 g/mol. The molecule has 0 radical (unpaired) electrons. The van der Waals surface area contributed by atoms with Crippen LogP contribution in [0.25, 0.3) is 0 Å². The summed E-state index contributed by atoms with van der Waals surface area (Å²) in [7, 11) is 0. The van der Waals surface area contributed by atoms with E-state index in [2.05, 4.69) is 11.9 Å². The summed E-state index contributed by atoms with van der Waals surface area (Å²) in [5, 5.41) is 10.9. The lowest BCUT2D eigenvalue weighted by Crippen LogP contribution is -2.21. The van der Waals surface area contributed by atoms with Crippen molar-refractivity contribution >= 4 is 11.6 Å². The molecule has 1 N–H and O–H groups in total. The largest absolute Gasteiger partial charge is 0.484 e. The number of hydrogen-bond donors (Lipinski definition) is 1. The van der Waals surface area contributed by atoms with E-state index in [0.29, 0.717) is 17.2 Å². The van der Waals surface area contributed by atoms with E-state index in [4.69, 9.17) is 16.3 Å². The minimum atomic E-state index is -0.562. The molecule has 19 heavy (non-hydrogen) atoms. The van der Waals surface area contributed by atoms with Crippen molar-refractivity contribution in [3.05, 3.63) is 47.0 Å². The number of aliphatic hydroxyl groups excluding tert-OH is 1. The number of aromatic nitrogens is 2. The number of ether oxygens (including phenoxy) is 1. The van der Waals surface area contributed by atoms with Gasteiger partial charge in [0.25, 0.3) is 0 Å². The lowest BCUT2D eigenvalue weighted by Gasteiger charge is -2.30. The lowest BCUT2D eigenvalue weighted by atomic mass is 9.97. The van der Waals surface area contributed by atoms with Crippen molar-refractivity contribution in [3.63, 3.8) is 0 Å². The van der Waals surface area contributed by atoms with Crippen LogP contribution >= 0.6 is 11.6 Å². The molecule has 0 fully saturated rings. The quantitative estimate of drug-likeness (QED) is 0.918. The van der Waals surface area contributed by atoms with Crippen molar-refractivity contribution in [2.45, 2.75) is 32.1 Å². The molecule has 2 atom stereocenters. The van der Waals surface area contributed by atoms with Crippen molar-refractivity contribution in [2.24, 2.45) is 0 Å². The average molecular weight is 279 g/mol. The van der Waals surface area contributed by atoms with Gasteiger partial charge in [0.15, 0.2) is 0 Å². The predicted octanol–water partition coefficient (Wildman–Crippen LogP) is 3.11. The van der Waals surface area contributed by atoms with Crippen molar-refractivity contribution in [1.82, 2.24) is 9.55 Å². The number of aryl methyl sites for hydroxylation is 1. The SMILES string of the molecule is CCn1cncc1C1CC(O)c2cc(Cl)ccc2O1. The maximum Gasteiger partial charge on any atom is 0.143 e. The number of nitrogens with zero attached hydrogens (tertiary/aromatic N) is 2. The zero-order chi connectivity index (χ0) is 13.4. The molecule has 4 nitrogen and oxygen atoms in total. The highest BCUT2D eigenvalue weighted by molar-refractivity contribution is 6.30. The third kappa shape index (κ3) is 2.22. The molecule has 0 spiro atoms. The number of halogens is 1. The molecule has 0 aliphatic carbocycles. The number of imidazole rings is 1. The standard InChI is InChI=1S/C14H15ClN2O2/c1-2-17-8-16-7-11(17)14-6-12(18)10-5-9(15)3-4-13(10)19-14/h3-5,7-8,12,14,18H,2,6H2,1H3. The Balaban J connectivity index is 1.95. The van der Waals surface area contributed by atoms with Crippen LogP contribution < -0.4 is 4.74 Å². The van der Waals surface area contributed by atoms with Crippen LogP contribution in [-0.4, -0.2) is 14.7 Å². The van der Waals surface area contributed by atoms with Gasteiger partial charge in [-0.25, -0.2) is 4.98 Å². The molecule has 1 aromatic heterocycles.